The molecule has 0 fully saturated rings. The molecule has 90 valence electrons. The van der Waals surface area contributed by atoms with Gasteiger partial charge in [-0.3, -0.25) is 4.79 Å². The lowest BCUT2D eigenvalue weighted by Gasteiger charge is -2.08. The van der Waals surface area contributed by atoms with Gasteiger partial charge in [0.25, 0.3) is 0 Å². The van der Waals surface area contributed by atoms with Gasteiger partial charge in [-0.2, -0.15) is 0 Å². The highest BCUT2D eigenvalue weighted by atomic mass is 35.5. The molecule has 1 rings (SSSR count). The van der Waals surface area contributed by atoms with Crippen molar-refractivity contribution < 1.29 is 24.5 Å². The first kappa shape index (κ1) is 14.5. The number of carboxylic acids is 1. The van der Waals surface area contributed by atoms with Gasteiger partial charge < -0.3 is 21.1 Å². The van der Waals surface area contributed by atoms with Gasteiger partial charge in [0.1, 0.15) is 11.9 Å². The standard InChI is InChI=1S/C9H10FNO4.ClH/c10-5-3-8(13)7(12)2-4(5)1-6(11)9(14)15;/h2-3,6,12-13H,1,11H2,(H,14,15);1H/t6-;/m0./s1. The molecule has 7 heteroatoms. The first-order valence-electron chi connectivity index (χ1n) is 4.10. The Bertz CT molecular complexity index is 399. The molecule has 1 aromatic rings. The molecule has 1 aromatic carbocycles. The van der Waals surface area contributed by atoms with E-state index in [4.69, 9.17) is 21.1 Å². The molecule has 0 aromatic heterocycles. The van der Waals surface area contributed by atoms with Crippen molar-refractivity contribution in [2.24, 2.45) is 5.73 Å². The second-order valence-electron chi connectivity index (χ2n) is 3.08. The fourth-order valence-corrected chi connectivity index (χ4v) is 1.08. The molecule has 0 heterocycles. The third-order valence-corrected chi connectivity index (χ3v) is 1.90. The summed E-state index contributed by atoms with van der Waals surface area (Å²) in [5.41, 5.74) is 5.14. The number of phenols is 2. The minimum Gasteiger partial charge on any atom is -0.504 e. The van der Waals surface area contributed by atoms with E-state index >= 15 is 0 Å². The maximum atomic E-state index is 13.1. The molecule has 0 spiro atoms. The third kappa shape index (κ3) is 3.25. The first-order chi connectivity index (χ1) is 6.91. The van der Waals surface area contributed by atoms with Gasteiger partial charge in [0.15, 0.2) is 11.5 Å². The highest BCUT2D eigenvalue weighted by molar-refractivity contribution is 5.85. The number of rotatable bonds is 3. The van der Waals surface area contributed by atoms with Crippen LogP contribution in [0.3, 0.4) is 0 Å². The maximum Gasteiger partial charge on any atom is 0.320 e. The predicted molar refractivity (Wildman–Crippen MR) is 56.3 cm³/mol. The van der Waals surface area contributed by atoms with Gasteiger partial charge in [0.05, 0.1) is 0 Å². The quantitative estimate of drug-likeness (QED) is 0.590. The normalized spacial score (nSPS) is 11.6. The van der Waals surface area contributed by atoms with E-state index in [-0.39, 0.29) is 24.4 Å². The van der Waals surface area contributed by atoms with Crippen LogP contribution in [-0.2, 0) is 11.2 Å². The monoisotopic (exact) mass is 251 g/mol. The molecule has 0 radical (unpaired) electrons. The van der Waals surface area contributed by atoms with Crippen molar-refractivity contribution in [2.45, 2.75) is 12.5 Å². The van der Waals surface area contributed by atoms with E-state index in [1.54, 1.807) is 0 Å². The number of phenolic OH excluding ortho intramolecular Hbond substituents is 2. The zero-order chi connectivity index (χ0) is 11.6. The molecule has 0 amide bonds. The van der Waals surface area contributed by atoms with Gasteiger partial charge in [-0.05, 0) is 11.6 Å². The Hall–Kier alpha value is -1.53. The van der Waals surface area contributed by atoms with Gasteiger partial charge in [-0.1, -0.05) is 0 Å². The van der Waals surface area contributed by atoms with Crippen molar-refractivity contribution in [3.05, 3.63) is 23.5 Å². The number of aliphatic carboxylic acids is 1. The number of aromatic hydroxyl groups is 2. The maximum absolute atomic E-state index is 13.1. The van der Waals surface area contributed by atoms with Gasteiger partial charge in [0.2, 0.25) is 0 Å². The van der Waals surface area contributed by atoms with E-state index in [9.17, 15) is 9.18 Å². The van der Waals surface area contributed by atoms with Gasteiger partial charge in [0, 0.05) is 12.5 Å². The van der Waals surface area contributed by atoms with Crippen LogP contribution in [0.5, 0.6) is 11.5 Å². The molecule has 0 unspecified atom stereocenters. The average Bonchev–Trinajstić information content (AvgIpc) is 2.13. The molecule has 5 N–H and O–H groups in total. The minimum absolute atomic E-state index is 0. The Balaban J connectivity index is 0.00000225. The lowest BCUT2D eigenvalue weighted by atomic mass is 10.1. The highest BCUT2D eigenvalue weighted by Gasteiger charge is 2.16. The van der Waals surface area contributed by atoms with Crippen molar-refractivity contribution in [3.8, 4) is 11.5 Å². The van der Waals surface area contributed by atoms with Crippen molar-refractivity contribution in [1.82, 2.24) is 0 Å². The molecule has 1 atom stereocenters. The summed E-state index contributed by atoms with van der Waals surface area (Å²) in [6.07, 6.45) is -0.255. The van der Waals surface area contributed by atoms with Gasteiger partial charge in [-0.15, -0.1) is 12.4 Å². The number of hydrogen-bond donors (Lipinski definition) is 4. The van der Waals surface area contributed by atoms with Gasteiger partial charge >= 0.3 is 5.97 Å². The summed E-state index contributed by atoms with van der Waals surface area (Å²) in [7, 11) is 0. The molecule has 0 saturated heterocycles. The Labute approximate surface area is 96.7 Å². The number of hydrogen-bond acceptors (Lipinski definition) is 4. The summed E-state index contributed by atoms with van der Waals surface area (Å²) in [4.78, 5) is 10.4. The molecule has 0 saturated carbocycles. The Morgan fingerprint density at radius 2 is 1.88 bits per heavy atom. The highest BCUT2D eigenvalue weighted by Crippen LogP contribution is 2.27. The Kier molecular flexibility index (Phi) is 5.00. The average molecular weight is 252 g/mol. The van der Waals surface area contributed by atoms with E-state index in [1.165, 1.54) is 0 Å². The second-order valence-corrected chi connectivity index (χ2v) is 3.08. The number of nitrogens with two attached hydrogens (primary N) is 1. The third-order valence-electron chi connectivity index (χ3n) is 1.90. The number of halogens is 2. The predicted octanol–water partition coefficient (Wildman–Crippen LogP) is 0.613. The fourth-order valence-electron chi connectivity index (χ4n) is 1.08. The smallest absolute Gasteiger partial charge is 0.320 e. The zero-order valence-electron chi connectivity index (χ0n) is 8.05. The van der Waals surface area contributed by atoms with Crippen LogP contribution in [0.1, 0.15) is 5.56 Å². The van der Waals surface area contributed by atoms with Gasteiger partial charge in [-0.25, -0.2) is 4.39 Å². The second kappa shape index (κ2) is 5.53. The summed E-state index contributed by atoms with van der Waals surface area (Å²) in [6, 6.07) is 0.413. The first-order valence-corrected chi connectivity index (χ1v) is 4.10. The Morgan fingerprint density at radius 3 is 2.38 bits per heavy atom. The van der Waals surface area contributed by atoms with Crippen molar-refractivity contribution in [1.29, 1.82) is 0 Å². The van der Waals surface area contributed by atoms with Crippen LogP contribution < -0.4 is 5.73 Å². The molecule has 5 nitrogen and oxygen atoms in total. The molecule has 0 aliphatic carbocycles. The summed E-state index contributed by atoms with van der Waals surface area (Å²) >= 11 is 0. The number of carboxylic acid groups (broad SMARTS) is 1. The Morgan fingerprint density at radius 1 is 1.38 bits per heavy atom. The van der Waals surface area contributed by atoms with Crippen LogP contribution in [0.4, 0.5) is 4.39 Å². The topological polar surface area (TPSA) is 104 Å². The summed E-state index contributed by atoms with van der Waals surface area (Å²) in [6.45, 7) is 0. The van der Waals surface area contributed by atoms with Crippen LogP contribution in [-0.4, -0.2) is 27.3 Å². The summed E-state index contributed by atoms with van der Waals surface area (Å²) < 4.78 is 13.1. The SMILES string of the molecule is Cl.N[C@@H](Cc1cc(O)c(O)cc1F)C(=O)O. The molecule has 0 bridgehead atoms. The fraction of sp³-hybridized carbons (Fsp3) is 0.222. The van der Waals surface area contributed by atoms with E-state index in [0.717, 1.165) is 6.07 Å². The number of benzene rings is 1. The minimum atomic E-state index is -1.26. The molecule has 0 aliphatic rings. The summed E-state index contributed by atoms with van der Waals surface area (Å²) in [5.74, 6) is -3.17. The van der Waals surface area contributed by atoms with Crippen LogP contribution >= 0.6 is 12.4 Å². The lowest BCUT2D eigenvalue weighted by molar-refractivity contribution is -0.138. The molecular weight excluding hydrogens is 241 g/mol. The largest absolute Gasteiger partial charge is 0.504 e. The lowest BCUT2D eigenvalue weighted by Crippen LogP contribution is -2.32. The molecule has 0 aliphatic heterocycles. The molecular formula is C9H11ClFNO4. The van der Waals surface area contributed by atoms with E-state index in [1.807, 2.05) is 0 Å². The summed E-state index contributed by atoms with van der Waals surface area (Å²) in [5, 5.41) is 26.5. The van der Waals surface area contributed by atoms with Crippen molar-refractivity contribution in [3.63, 3.8) is 0 Å². The van der Waals surface area contributed by atoms with E-state index in [2.05, 4.69) is 0 Å². The van der Waals surface area contributed by atoms with Crippen molar-refractivity contribution in [2.75, 3.05) is 0 Å². The van der Waals surface area contributed by atoms with Crippen LogP contribution in [0.2, 0.25) is 0 Å². The molecule has 16 heavy (non-hydrogen) atoms. The van der Waals surface area contributed by atoms with Crippen molar-refractivity contribution >= 4 is 18.4 Å². The van der Waals surface area contributed by atoms with Crippen LogP contribution in [0, 0.1) is 5.82 Å². The van der Waals surface area contributed by atoms with E-state index in [0.29, 0.717) is 6.07 Å². The van der Waals surface area contributed by atoms with Crippen LogP contribution in [0.25, 0.3) is 0 Å². The van der Waals surface area contributed by atoms with E-state index < -0.39 is 29.3 Å². The zero-order valence-corrected chi connectivity index (χ0v) is 8.87. The number of carbonyl (C=O) groups is 1. The van der Waals surface area contributed by atoms with Crippen LogP contribution in [0.15, 0.2) is 12.1 Å².